The maximum absolute atomic E-state index is 12.0. The first-order valence-corrected chi connectivity index (χ1v) is 6.27. The molecule has 19 heavy (non-hydrogen) atoms. The minimum absolute atomic E-state index is 0.159. The van der Waals surface area contributed by atoms with Gasteiger partial charge < -0.3 is 15.4 Å². The van der Waals surface area contributed by atoms with Crippen molar-refractivity contribution in [2.45, 2.75) is 25.9 Å². The van der Waals surface area contributed by atoms with E-state index >= 15 is 0 Å². The third-order valence-electron chi connectivity index (χ3n) is 2.62. The zero-order valence-electron chi connectivity index (χ0n) is 11.3. The number of carbonyl (C=O) groups excluding carboxylic acids is 2. The van der Waals surface area contributed by atoms with Crippen LogP contribution in [0.15, 0.2) is 30.3 Å². The van der Waals surface area contributed by atoms with E-state index in [0.717, 1.165) is 5.56 Å². The molecule has 0 saturated carbocycles. The van der Waals surface area contributed by atoms with Crippen molar-refractivity contribution in [1.82, 2.24) is 10.6 Å². The maximum atomic E-state index is 12.0. The fourth-order valence-electron chi connectivity index (χ4n) is 1.55. The molecule has 5 nitrogen and oxygen atoms in total. The van der Waals surface area contributed by atoms with Gasteiger partial charge in [0, 0.05) is 20.1 Å². The fraction of sp³-hybridized carbons (Fsp3) is 0.429. The molecule has 2 amide bonds. The Morgan fingerprint density at radius 3 is 2.53 bits per heavy atom. The minimum atomic E-state index is -0.652. The second-order valence-electron chi connectivity index (χ2n) is 4.13. The van der Waals surface area contributed by atoms with E-state index in [0.29, 0.717) is 13.0 Å². The van der Waals surface area contributed by atoms with Gasteiger partial charge in [-0.2, -0.15) is 0 Å². The molecule has 2 N–H and O–H groups in total. The highest BCUT2D eigenvalue weighted by Crippen LogP contribution is 1.98. The van der Waals surface area contributed by atoms with E-state index in [1.165, 1.54) is 7.11 Å². The molecule has 0 aromatic heterocycles. The SMILES string of the molecule is CCC(=O)N[C@@H](COC)C(=O)NCc1ccccc1. The summed E-state index contributed by atoms with van der Waals surface area (Å²) < 4.78 is 4.95. The van der Waals surface area contributed by atoms with Crippen molar-refractivity contribution in [2.75, 3.05) is 13.7 Å². The summed E-state index contributed by atoms with van der Waals surface area (Å²) in [6.07, 6.45) is 0.339. The summed E-state index contributed by atoms with van der Waals surface area (Å²) in [6, 6.07) is 8.94. The number of benzene rings is 1. The summed E-state index contributed by atoms with van der Waals surface area (Å²) in [4.78, 5) is 23.3. The van der Waals surface area contributed by atoms with E-state index in [4.69, 9.17) is 4.74 Å². The number of nitrogens with one attached hydrogen (secondary N) is 2. The van der Waals surface area contributed by atoms with E-state index in [1.807, 2.05) is 30.3 Å². The second-order valence-corrected chi connectivity index (χ2v) is 4.13. The number of methoxy groups -OCH3 is 1. The van der Waals surface area contributed by atoms with Crippen LogP contribution in [0.1, 0.15) is 18.9 Å². The van der Waals surface area contributed by atoms with Crippen molar-refractivity contribution >= 4 is 11.8 Å². The van der Waals surface area contributed by atoms with Gasteiger partial charge in [0.1, 0.15) is 6.04 Å². The molecule has 1 rings (SSSR count). The van der Waals surface area contributed by atoms with Crippen molar-refractivity contribution in [3.05, 3.63) is 35.9 Å². The van der Waals surface area contributed by atoms with E-state index in [2.05, 4.69) is 10.6 Å². The molecule has 0 radical (unpaired) electrons. The molecule has 0 fully saturated rings. The average Bonchev–Trinajstić information content (AvgIpc) is 2.45. The smallest absolute Gasteiger partial charge is 0.245 e. The molecule has 0 aliphatic rings. The van der Waals surface area contributed by atoms with Gasteiger partial charge in [0.2, 0.25) is 11.8 Å². The predicted octanol–water partition coefficient (Wildman–Crippen LogP) is 0.844. The normalized spacial score (nSPS) is 11.7. The Morgan fingerprint density at radius 1 is 1.26 bits per heavy atom. The van der Waals surface area contributed by atoms with E-state index in [1.54, 1.807) is 6.92 Å². The van der Waals surface area contributed by atoms with Crippen molar-refractivity contribution in [2.24, 2.45) is 0 Å². The highest BCUT2D eigenvalue weighted by Gasteiger charge is 2.19. The number of ether oxygens (including phenoxy) is 1. The zero-order valence-corrected chi connectivity index (χ0v) is 11.3. The molecule has 0 saturated heterocycles. The lowest BCUT2D eigenvalue weighted by Gasteiger charge is -2.17. The molecule has 0 spiro atoms. The van der Waals surface area contributed by atoms with Gasteiger partial charge in [0.05, 0.1) is 6.61 Å². The summed E-state index contributed by atoms with van der Waals surface area (Å²) >= 11 is 0. The van der Waals surface area contributed by atoms with Crippen molar-refractivity contribution in [3.8, 4) is 0 Å². The Hall–Kier alpha value is -1.88. The Morgan fingerprint density at radius 2 is 1.95 bits per heavy atom. The van der Waals surface area contributed by atoms with E-state index < -0.39 is 6.04 Å². The molecule has 0 heterocycles. The van der Waals surface area contributed by atoms with Crippen LogP contribution in [0, 0.1) is 0 Å². The van der Waals surface area contributed by atoms with Gasteiger partial charge >= 0.3 is 0 Å². The van der Waals surface area contributed by atoms with Crippen LogP contribution in [0.25, 0.3) is 0 Å². The number of amides is 2. The van der Waals surface area contributed by atoms with Crippen LogP contribution < -0.4 is 10.6 Å². The van der Waals surface area contributed by atoms with Crippen LogP contribution in [0.4, 0.5) is 0 Å². The first-order valence-electron chi connectivity index (χ1n) is 6.27. The number of carbonyl (C=O) groups is 2. The van der Waals surface area contributed by atoms with E-state index in [-0.39, 0.29) is 18.4 Å². The molecule has 104 valence electrons. The second kappa shape index (κ2) is 8.26. The van der Waals surface area contributed by atoms with Gasteiger partial charge in [-0.15, -0.1) is 0 Å². The number of hydrogen-bond acceptors (Lipinski definition) is 3. The summed E-state index contributed by atoms with van der Waals surface area (Å²) in [5, 5.41) is 5.41. The Labute approximate surface area is 113 Å². The van der Waals surface area contributed by atoms with Crippen molar-refractivity contribution < 1.29 is 14.3 Å². The molecule has 1 aromatic carbocycles. The lowest BCUT2D eigenvalue weighted by Crippen LogP contribution is -2.48. The lowest BCUT2D eigenvalue weighted by atomic mass is 10.2. The van der Waals surface area contributed by atoms with Gasteiger partial charge in [-0.05, 0) is 5.56 Å². The topological polar surface area (TPSA) is 67.4 Å². The van der Waals surface area contributed by atoms with Crippen molar-refractivity contribution in [1.29, 1.82) is 0 Å². The highest BCUT2D eigenvalue weighted by atomic mass is 16.5. The third kappa shape index (κ3) is 5.52. The number of hydrogen-bond donors (Lipinski definition) is 2. The Kier molecular flexibility index (Phi) is 6.60. The predicted molar refractivity (Wildman–Crippen MR) is 72.4 cm³/mol. The molecular formula is C14H20N2O3. The van der Waals surface area contributed by atoms with Gasteiger partial charge in [0.25, 0.3) is 0 Å². The summed E-state index contributed by atoms with van der Waals surface area (Å²) in [6.45, 7) is 2.33. The van der Waals surface area contributed by atoms with Crippen LogP contribution in [-0.4, -0.2) is 31.6 Å². The molecule has 0 unspecified atom stereocenters. The minimum Gasteiger partial charge on any atom is -0.382 e. The summed E-state index contributed by atoms with van der Waals surface area (Å²) in [7, 11) is 1.50. The lowest BCUT2D eigenvalue weighted by molar-refractivity contribution is -0.130. The largest absolute Gasteiger partial charge is 0.382 e. The van der Waals surface area contributed by atoms with Crippen LogP contribution in [-0.2, 0) is 20.9 Å². The van der Waals surface area contributed by atoms with E-state index in [9.17, 15) is 9.59 Å². The van der Waals surface area contributed by atoms with Gasteiger partial charge in [-0.3, -0.25) is 9.59 Å². The molecule has 0 bridgehead atoms. The van der Waals surface area contributed by atoms with Crippen molar-refractivity contribution in [3.63, 3.8) is 0 Å². The number of rotatable bonds is 7. The quantitative estimate of drug-likeness (QED) is 0.767. The summed E-state index contributed by atoms with van der Waals surface area (Å²) in [5.74, 6) is -0.413. The zero-order chi connectivity index (χ0) is 14.1. The first kappa shape index (κ1) is 15.2. The Balaban J connectivity index is 2.50. The molecule has 0 aliphatic carbocycles. The average molecular weight is 264 g/mol. The third-order valence-corrected chi connectivity index (χ3v) is 2.62. The maximum Gasteiger partial charge on any atom is 0.245 e. The van der Waals surface area contributed by atoms with Crippen LogP contribution in [0.2, 0.25) is 0 Å². The summed E-state index contributed by atoms with van der Waals surface area (Å²) in [5.41, 5.74) is 1.01. The molecule has 1 atom stereocenters. The molecular weight excluding hydrogens is 244 g/mol. The molecule has 5 heteroatoms. The van der Waals surface area contributed by atoms with Gasteiger partial charge in [0.15, 0.2) is 0 Å². The molecule has 0 aliphatic heterocycles. The van der Waals surface area contributed by atoms with Crippen LogP contribution in [0.3, 0.4) is 0 Å². The highest BCUT2D eigenvalue weighted by molar-refractivity contribution is 5.87. The molecule has 1 aromatic rings. The fourth-order valence-corrected chi connectivity index (χ4v) is 1.55. The van der Waals surface area contributed by atoms with Crippen LogP contribution >= 0.6 is 0 Å². The van der Waals surface area contributed by atoms with Gasteiger partial charge in [-0.1, -0.05) is 37.3 Å². The van der Waals surface area contributed by atoms with Gasteiger partial charge in [-0.25, -0.2) is 0 Å². The Bertz CT molecular complexity index is 406. The first-order chi connectivity index (χ1) is 9.17. The van der Waals surface area contributed by atoms with Crippen LogP contribution in [0.5, 0.6) is 0 Å². The standard InChI is InChI=1S/C14H20N2O3/c1-3-13(17)16-12(10-19-2)14(18)15-9-11-7-5-4-6-8-11/h4-8,12H,3,9-10H2,1-2H3,(H,15,18)(H,16,17)/t12-/m0/s1. The monoisotopic (exact) mass is 264 g/mol.